The maximum atomic E-state index is 15.3. The van der Waals surface area contributed by atoms with Crippen molar-refractivity contribution < 1.29 is 14.3 Å². The summed E-state index contributed by atoms with van der Waals surface area (Å²) < 4.78 is 16.7. The highest BCUT2D eigenvalue weighted by atomic mass is 19.1. The highest BCUT2D eigenvalue weighted by Crippen LogP contribution is 2.47. The first kappa shape index (κ1) is 26.7. The molecule has 0 radical (unpaired) electrons. The molecule has 4 aromatic heterocycles. The van der Waals surface area contributed by atoms with E-state index in [1.807, 2.05) is 0 Å². The standard InChI is InChI=1S/C30H28FN9O3/c1-33-21-7-20(31)17(8-32)23-24-26(39-5-4-14-11-38(3)13-22(14)39)18(10-35-28(24)37-25(21)23)15-6-16-27(41)19(30(42)43)12-40(34-2)29(16)36-9-15/h6-7,9-10,12,14,22,33-34H,4-5,11,13H2,1-3H3,(H,35,37)(H,42,43)/t14-,22+/m0/s1. The SMILES string of the molecule is CNc1cc(F)c(C#N)c2c1[nH]c1ncc(-c3cnc4c(c3)c(=O)c(C(=O)O)cn4NC)c(N3CC[C@H]4CN(C)C[C@H]43)c12. The van der Waals surface area contributed by atoms with Crippen molar-refractivity contribution in [1.29, 1.82) is 5.26 Å². The number of likely N-dealkylation sites (N-methyl/N-ethyl adjacent to an activating group) is 1. The van der Waals surface area contributed by atoms with Crippen molar-refractivity contribution in [3.8, 4) is 17.2 Å². The van der Waals surface area contributed by atoms with Gasteiger partial charge in [0, 0.05) is 80.9 Å². The third-order valence-corrected chi connectivity index (χ3v) is 8.85. The molecule has 0 saturated carbocycles. The summed E-state index contributed by atoms with van der Waals surface area (Å²) in [4.78, 5) is 42.4. The smallest absolute Gasteiger partial charge is 0.341 e. The Morgan fingerprint density at radius 3 is 2.74 bits per heavy atom. The number of hydrogen-bond acceptors (Lipinski definition) is 9. The van der Waals surface area contributed by atoms with Gasteiger partial charge in [0.25, 0.3) is 0 Å². The number of anilines is 2. The number of benzene rings is 1. The minimum absolute atomic E-state index is 0.0839. The van der Waals surface area contributed by atoms with Crippen molar-refractivity contribution in [2.75, 3.05) is 56.4 Å². The minimum Gasteiger partial charge on any atom is -0.477 e. The predicted molar refractivity (Wildman–Crippen MR) is 162 cm³/mol. The Morgan fingerprint density at radius 1 is 1.21 bits per heavy atom. The van der Waals surface area contributed by atoms with E-state index in [0.29, 0.717) is 44.7 Å². The second-order valence-corrected chi connectivity index (χ2v) is 11.2. The number of carboxylic acids is 1. The Bertz CT molecular complexity index is 2100. The number of aromatic amines is 1. The van der Waals surface area contributed by atoms with Crippen LogP contribution < -0.4 is 21.1 Å². The maximum absolute atomic E-state index is 15.3. The summed E-state index contributed by atoms with van der Waals surface area (Å²) in [6.45, 7) is 2.54. The Kier molecular flexibility index (Phi) is 6.00. The number of carbonyl (C=O) groups is 1. The molecule has 13 heteroatoms. The van der Waals surface area contributed by atoms with Crippen molar-refractivity contribution in [3.63, 3.8) is 0 Å². The molecule has 5 aromatic rings. The highest BCUT2D eigenvalue weighted by molar-refractivity contribution is 6.20. The predicted octanol–water partition coefficient (Wildman–Crippen LogP) is 3.16. The average Bonchev–Trinajstić information content (AvgIpc) is 3.68. The van der Waals surface area contributed by atoms with Crippen LogP contribution in [0.5, 0.6) is 0 Å². The molecule has 0 amide bonds. The van der Waals surface area contributed by atoms with Gasteiger partial charge in [-0.1, -0.05) is 0 Å². The lowest BCUT2D eigenvalue weighted by Gasteiger charge is -2.29. The van der Waals surface area contributed by atoms with Crippen LogP contribution in [0.2, 0.25) is 0 Å². The zero-order valence-corrected chi connectivity index (χ0v) is 23.7. The largest absolute Gasteiger partial charge is 0.477 e. The average molecular weight is 582 g/mol. The molecule has 2 saturated heterocycles. The van der Waals surface area contributed by atoms with Gasteiger partial charge >= 0.3 is 5.97 Å². The molecule has 2 aliphatic rings. The number of H-pyrrole nitrogens is 1. The van der Waals surface area contributed by atoms with Crippen molar-refractivity contribution >= 4 is 50.3 Å². The normalized spacial score (nSPS) is 18.4. The van der Waals surface area contributed by atoms with Crippen LogP contribution in [0.15, 0.2) is 35.5 Å². The fourth-order valence-electron chi connectivity index (χ4n) is 6.93. The van der Waals surface area contributed by atoms with Gasteiger partial charge in [0.2, 0.25) is 5.43 Å². The number of nitrogens with one attached hydrogen (secondary N) is 3. The summed E-state index contributed by atoms with van der Waals surface area (Å²) in [6.07, 6.45) is 5.49. The van der Waals surface area contributed by atoms with E-state index in [9.17, 15) is 20.0 Å². The molecule has 0 aliphatic carbocycles. The molecule has 12 nitrogen and oxygen atoms in total. The van der Waals surface area contributed by atoms with Gasteiger partial charge in [0.1, 0.15) is 23.1 Å². The molecule has 2 aliphatic heterocycles. The van der Waals surface area contributed by atoms with Crippen LogP contribution in [0.4, 0.5) is 15.8 Å². The number of carboxylic acid groups (broad SMARTS) is 1. The molecule has 0 spiro atoms. The number of fused-ring (bicyclic) bond motifs is 5. The van der Waals surface area contributed by atoms with E-state index < -0.39 is 22.8 Å². The van der Waals surface area contributed by atoms with E-state index in [4.69, 9.17) is 4.98 Å². The van der Waals surface area contributed by atoms with Gasteiger partial charge in [-0.25, -0.2) is 23.8 Å². The second kappa shape index (κ2) is 9.67. The number of halogens is 1. The number of aromatic nitrogens is 4. The van der Waals surface area contributed by atoms with Crippen molar-refractivity contribution in [1.82, 2.24) is 24.5 Å². The second-order valence-electron chi connectivity index (χ2n) is 11.2. The minimum atomic E-state index is -1.34. The number of pyridine rings is 3. The molecule has 7 rings (SSSR count). The first-order valence-electron chi connectivity index (χ1n) is 13.9. The van der Waals surface area contributed by atoms with Gasteiger partial charge in [0.05, 0.1) is 33.2 Å². The monoisotopic (exact) mass is 581 g/mol. The van der Waals surface area contributed by atoms with Crippen molar-refractivity contribution in [2.24, 2.45) is 5.92 Å². The van der Waals surface area contributed by atoms with Crippen LogP contribution in [0.25, 0.3) is 44.1 Å². The lowest BCUT2D eigenvalue weighted by Crippen LogP contribution is -2.35. The van der Waals surface area contributed by atoms with Gasteiger partial charge in [-0.2, -0.15) is 5.26 Å². The summed E-state index contributed by atoms with van der Waals surface area (Å²) in [5.41, 5.74) is 5.53. The molecule has 0 bridgehead atoms. The third kappa shape index (κ3) is 3.83. The first-order chi connectivity index (χ1) is 20.7. The van der Waals surface area contributed by atoms with Gasteiger partial charge in [-0.15, -0.1) is 0 Å². The molecule has 218 valence electrons. The zero-order valence-electron chi connectivity index (χ0n) is 23.7. The fraction of sp³-hybridized carbons (Fsp3) is 0.300. The van der Waals surface area contributed by atoms with Crippen molar-refractivity contribution in [3.05, 3.63) is 57.9 Å². The van der Waals surface area contributed by atoms with E-state index in [2.05, 4.69) is 43.6 Å². The number of hydrogen-bond donors (Lipinski definition) is 4. The van der Waals surface area contributed by atoms with E-state index >= 15 is 4.39 Å². The molecule has 0 unspecified atom stereocenters. The number of nitriles is 1. The first-order valence-corrected chi connectivity index (χ1v) is 13.9. The molecular weight excluding hydrogens is 553 g/mol. The van der Waals surface area contributed by atoms with Gasteiger partial charge < -0.3 is 30.6 Å². The summed E-state index contributed by atoms with van der Waals surface area (Å²) in [5.74, 6) is -1.55. The van der Waals surface area contributed by atoms with Crippen LogP contribution in [-0.2, 0) is 0 Å². The third-order valence-electron chi connectivity index (χ3n) is 8.85. The quantitative estimate of drug-likeness (QED) is 0.243. The van der Waals surface area contributed by atoms with E-state index in [1.54, 1.807) is 32.6 Å². The number of rotatable bonds is 5. The molecule has 2 atom stereocenters. The summed E-state index contributed by atoms with van der Waals surface area (Å²) >= 11 is 0. The maximum Gasteiger partial charge on any atom is 0.341 e. The Labute approximate surface area is 244 Å². The lowest BCUT2D eigenvalue weighted by atomic mass is 9.98. The van der Waals surface area contributed by atoms with E-state index in [1.165, 1.54) is 16.9 Å². The Balaban J connectivity index is 1.59. The Morgan fingerprint density at radius 2 is 2.02 bits per heavy atom. The summed E-state index contributed by atoms with van der Waals surface area (Å²) in [7, 11) is 5.38. The lowest BCUT2D eigenvalue weighted by molar-refractivity contribution is 0.0695. The topological polar surface area (TPSA) is 155 Å². The van der Waals surface area contributed by atoms with E-state index in [0.717, 1.165) is 31.7 Å². The molecule has 2 fully saturated rings. The van der Waals surface area contributed by atoms with Crippen LogP contribution >= 0.6 is 0 Å². The van der Waals surface area contributed by atoms with Crippen molar-refractivity contribution in [2.45, 2.75) is 12.5 Å². The molecular formula is C30H28FN9O3. The van der Waals surface area contributed by atoms with Gasteiger partial charge in [-0.3, -0.25) is 4.79 Å². The van der Waals surface area contributed by atoms with Crippen LogP contribution in [0.3, 0.4) is 0 Å². The summed E-state index contributed by atoms with van der Waals surface area (Å²) in [6, 6.07) is 5.17. The van der Waals surface area contributed by atoms with Gasteiger partial charge in [0.15, 0.2) is 5.65 Å². The van der Waals surface area contributed by atoms with E-state index in [-0.39, 0.29) is 22.6 Å². The number of aromatic carboxylic acids is 1. The van der Waals surface area contributed by atoms with Crippen LogP contribution in [0.1, 0.15) is 22.3 Å². The highest BCUT2D eigenvalue weighted by Gasteiger charge is 2.42. The van der Waals surface area contributed by atoms with Crippen LogP contribution in [-0.4, -0.2) is 82.4 Å². The Hall–Kier alpha value is -5.22. The molecule has 43 heavy (non-hydrogen) atoms. The number of likely N-dealkylation sites (tertiary alicyclic amines) is 1. The van der Waals surface area contributed by atoms with Gasteiger partial charge in [-0.05, 0) is 25.5 Å². The van der Waals surface area contributed by atoms with Crippen LogP contribution in [0, 0.1) is 23.1 Å². The zero-order chi connectivity index (χ0) is 30.2. The summed E-state index contributed by atoms with van der Waals surface area (Å²) in [5, 5.41) is 24.0. The molecule has 4 N–H and O–H groups in total. The molecule has 1 aromatic carbocycles. The fourth-order valence-corrected chi connectivity index (χ4v) is 6.93. The molecule has 6 heterocycles. The number of nitrogens with zero attached hydrogens (tertiary/aromatic N) is 6.